The smallest absolute Gasteiger partial charge is 0.332 e. The van der Waals surface area contributed by atoms with Crippen LogP contribution < -0.4 is 16.6 Å². The highest BCUT2D eigenvalue weighted by atomic mass is 32.2. The molecule has 0 bridgehead atoms. The van der Waals surface area contributed by atoms with E-state index in [1.807, 2.05) is 0 Å². The summed E-state index contributed by atoms with van der Waals surface area (Å²) in [5.74, 6) is -0.185. The molecule has 0 aromatic carbocycles. The van der Waals surface area contributed by atoms with E-state index in [9.17, 15) is 22.8 Å². The van der Waals surface area contributed by atoms with Crippen molar-refractivity contribution in [2.24, 2.45) is 20.0 Å². The lowest BCUT2D eigenvalue weighted by Crippen LogP contribution is -2.38. The Morgan fingerprint density at radius 2 is 2.04 bits per heavy atom. The molecule has 11 heteroatoms. The third kappa shape index (κ3) is 3.23. The van der Waals surface area contributed by atoms with E-state index < -0.39 is 21.1 Å². The van der Waals surface area contributed by atoms with Crippen molar-refractivity contribution in [3.8, 4) is 0 Å². The molecule has 1 aliphatic heterocycles. The maximum absolute atomic E-state index is 12.3. The molecule has 1 fully saturated rings. The van der Waals surface area contributed by atoms with Crippen molar-refractivity contribution in [2.75, 3.05) is 18.1 Å². The van der Waals surface area contributed by atoms with E-state index in [0.717, 1.165) is 4.57 Å². The number of sulfone groups is 1. The summed E-state index contributed by atoms with van der Waals surface area (Å²) in [6, 6.07) is 0. The fourth-order valence-electron chi connectivity index (χ4n) is 3.02. The van der Waals surface area contributed by atoms with Crippen molar-refractivity contribution in [3.05, 3.63) is 27.2 Å². The number of carbonyl (C=O) groups excluding carboxylic acids is 1. The molecule has 1 aliphatic rings. The Kier molecular flexibility index (Phi) is 4.27. The number of rotatable bonds is 4. The number of hydrogen-bond donors (Lipinski definition) is 1. The van der Waals surface area contributed by atoms with Crippen LogP contribution in [0.2, 0.25) is 0 Å². The molecule has 136 valence electrons. The van der Waals surface area contributed by atoms with Gasteiger partial charge in [-0.25, -0.2) is 18.2 Å². The first-order valence-corrected chi connectivity index (χ1v) is 9.59. The summed E-state index contributed by atoms with van der Waals surface area (Å²) in [4.78, 5) is 40.4. The monoisotopic (exact) mass is 369 g/mol. The summed E-state index contributed by atoms with van der Waals surface area (Å²) in [6.07, 6.45) is 1.88. The maximum atomic E-state index is 12.3. The van der Waals surface area contributed by atoms with Gasteiger partial charge in [0.25, 0.3) is 5.56 Å². The predicted molar refractivity (Wildman–Crippen MR) is 90.0 cm³/mol. The molecule has 10 nitrogen and oxygen atoms in total. The fraction of sp³-hybridized carbons (Fsp3) is 0.571. The standard InChI is InChI=1S/C14H19N5O5S/c1-17-12-11(13(21)18(2)14(17)22)19(8-16-12)6-10(20)15-5-9-3-4-25(23,24)7-9/h8-9H,3-7H2,1-2H3,(H,15,20). The van der Waals surface area contributed by atoms with Gasteiger partial charge >= 0.3 is 5.69 Å². The lowest BCUT2D eigenvalue weighted by atomic mass is 10.1. The highest BCUT2D eigenvalue weighted by Gasteiger charge is 2.28. The number of hydrogen-bond acceptors (Lipinski definition) is 6. The van der Waals surface area contributed by atoms with E-state index >= 15 is 0 Å². The topological polar surface area (TPSA) is 125 Å². The summed E-state index contributed by atoms with van der Waals surface area (Å²) >= 11 is 0. The summed E-state index contributed by atoms with van der Waals surface area (Å²) < 4.78 is 26.4. The van der Waals surface area contributed by atoms with Crippen LogP contribution in [0.1, 0.15) is 6.42 Å². The predicted octanol–water partition coefficient (Wildman–Crippen LogP) is -2.02. The molecule has 2 aromatic rings. The number of aryl methyl sites for hydroxylation is 1. The van der Waals surface area contributed by atoms with Gasteiger partial charge in [-0.3, -0.25) is 18.7 Å². The van der Waals surface area contributed by atoms with Gasteiger partial charge in [0.1, 0.15) is 6.54 Å². The van der Waals surface area contributed by atoms with Crippen molar-refractivity contribution in [2.45, 2.75) is 13.0 Å². The number of amides is 1. The summed E-state index contributed by atoms with van der Waals surface area (Å²) in [6.45, 7) is 0.143. The minimum Gasteiger partial charge on any atom is -0.354 e. The van der Waals surface area contributed by atoms with Crippen molar-refractivity contribution in [1.29, 1.82) is 0 Å². The minimum atomic E-state index is -2.98. The van der Waals surface area contributed by atoms with Crippen LogP contribution >= 0.6 is 0 Å². The molecule has 1 amide bonds. The first kappa shape index (κ1) is 17.4. The van der Waals surface area contributed by atoms with Crippen molar-refractivity contribution < 1.29 is 13.2 Å². The normalized spacial score (nSPS) is 19.4. The zero-order valence-corrected chi connectivity index (χ0v) is 14.7. The van der Waals surface area contributed by atoms with Crippen molar-refractivity contribution in [1.82, 2.24) is 24.0 Å². The van der Waals surface area contributed by atoms with E-state index in [2.05, 4.69) is 10.3 Å². The third-order valence-corrected chi connectivity index (χ3v) is 6.28. The third-order valence-electron chi connectivity index (χ3n) is 4.45. The summed E-state index contributed by atoms with van der Waals surface area (Å²) in [5, 5.41) is 2.70. The maximum Gasteiger partial charge on any atom is 0.332 e. The Labute approximate surface area is 143 Å². The second-order valence-corrected chi connectivity index (χ2v) is 8.55. The van der Waals surface area contributed by atoms with E-state index in [1.165, 1.54) is 29.6 Å². The summed E-state index contributed by atoms with van der Waals surface area (Å²) in [7, 11) is -0.119. The van der Waals surface area contributed by atoms with Gasteiger partial charge in [-0.15, -0.1) is 0 Å². The minimum absolute atomic E-state index is 0.0813. The van der Waals surface area contributed by atoms with Crippen molar-refractivity contribution >= 4 is 26.9 Å². The first-order chi connectivity index (χ1) is 11.7. The lowest BCUT2D eigenvalue weighted by molar-refractivity contribution is -0.121. The quantitative estimate of drug-likeness (QED) is 0.663. The molecule has 0 aliphatic carbocycles. The largest absolute Gasteiger partial charge is 0.354 e. The number of aromatic nitrogens is 4. The van der Waals surface area contributed by atoms with Gasteiger partial charge in [0, 0.05) is 20.6 Å². The Morgan fingerprint density at radius 3 is 2.68 bits per heavy atom. The second-order valence-electron chi connectivity index (χ2n) is 6.32. The van der Waals surface area contributed by atoms with Crippen molar-refractivity contribution in [3.63, 3.8) is 0 Å². The number of carbonyl (C=O) groups is 1. The van der Waals surface area contributed by atoms with Gasteiger partial charge in [0.2, 0.25) is 5.91 Å². The molecule has 0 spiro atoms. The number of nitrogens with zero attached hydrogens (tertiary/aromatic N) is 4. The average Bonchev–Trinajstić information content (AvgIpc) is 3.12. The van der Waals surface area contributed by atoms with Gasteiger partial charge < -0.3 is 9.88 Å². The highest BCUT2D eigenvalue weighted by molar-refractivity contribution is 7.91. The molecule has 0 saturated carbocycles. The van der Waals surface area contributed by atoms with Crippen LogP contribution in [0.15, 0.2) is 15.9 Å². The van der Waals surface area contributed by atoms with Gasteiger partial charge in [-0.2, -0.15) is 0 Å². The van der Waals surface area contributed by atoms with Gasteiger partial charge in [0.05, 0.1) is 17.8 Å². The molecule has 3 rings (SSSR count). The zero-order valence-electron chi connectivity index (χ0n) is 13.9. The van der Waals surface area contributed by atoms with Crippen LogP contribution in [-0.2, 0) is 35.3 Å². The van der Waals surface area contributed by atoms with Crippen LogP contribution in [0.3, 0.4) is 0 Å². The van der Waals surface area contributed by atoms with E-state index in [1.54, 1.807) is 0 Å². The molecule has 1 unspecified atom stereocenters. The molecular formula is C14H19N5O5S. The summed E-state index contributed by atoms with van der Waals surface area (Å²) in [5.41, 5.74) is -0.633. The first-order valence-electron chi connectivity index (χ1n) is 7.77. The Hall–Kier alpha value is -2.43. The van der Waals surface area contributed by atoms with Gasteiger partial charge in [-0.1, -0.05) is 0 Å². The van der Waals surface area contributed by atoms with Crippen LogP contribution in [0.5, 0.6) is 0 Å². The molecule has 1 atom stereocenters. The molecule has 1 saturated heterocycles. The van der Waals surface area contributed by atoms with Crippen LogP contribution in [0.25, 0.3) is 11.2 Å². The Morgan fingerprint density at radius 1 is 1.32 bits per heavy atom. The number of imidazole rings is 1. The zero-order chi connectivity index (χ0) is 18.4. The highest BCUT2D eigenvalue weighted by Crippen LogP contribution is 2.17. The van der Waals surface area contributed by atoms with Crippen LogP contribution in [-0.4, -0.2) is 51.1 Å². The molecular weight excluding hydrogens is 350 g/mol. The molecule has 25 heavy (non-hydrogen) atoms. The molecule has 2 aromatic heterocycles. The van der Waals surface area contributed by atoms with E-state index in [0.29, 0.717) is 6.42 Å². The fourth-order valence-corrected chi connectivity index (χ4v) is 4.88. The SMILES string of the molecule is Cn1c(=O)c2c(ncn2CC(=O)NCC2CCS(=O)(=O)C2)n(C)c1=O. The lowest BCUT2D eigenvalue weighted by Gasteiger charge is -2.10. The molecule has 1 N–H and O–H groups in total. The average molecular weight is 369 g/mol. The Balaban J connectivity index is 1.76. The Bertz CT molecular complexity index is 1060. The molecule has 0 radical (unpaired) electrons. The van der Waals surface area contributed by atoms with Crippen LogP contribution in [0, 0.1) is 5.92 Å². The van der Waals surface area contributed by atoms with Gasteiger partial charge in [-0.05, 0) is 12.3 Å². The van der Waals surface area contributed by atoms with Gasteiger partial charge in [0.15, 0.2) is 21.0 Å². The second kappa shape index (κ2) is 6.14. The van der Waals surface area contributed by atoms with E-state index in [4.69, 9.17) is 0 Å². The van der Waals surface area contributed by atoms with Crippen LogP contribution in [0.4, 0.5) is 0 Å². The van der Waals surface area contributed by atoms with E-state index in [-0.39, 0.29) is 47.6 Å². The molecule has 3 heterocycles. The number of fused-ring (bicyclic) bond motifs is 1. The number of nitrogens with one attached hydrogen (secondary N) is 1.